The van der Waals surface area contributed by atoms with Crippen LogP contribution in [0.25, 0.3) is 0 Å². The summed E-state index contributed by atoms with van der Waals surface area (Å²) in [6.45, 7) is 7.20. The van der Waals surface area contributed by atoms with E-state index in [1.54, 1.807) is 0 Å². The van der Waals surface area contributed by atoms with Crippen molar-refractivity contribution in [2.45, 2.75) is 31.2 Å². The molecule has 0 bridgehead atoms. The fraction of sp³-hybridized carbons (Fsp3) is 0.296. The molecule has 2 radical (unpaired) electrons. The number of hydrogen-bond acceptors (Lipinski definition) is 3. The standard InChI is InChI=1S/C27H28O2SSeSi/c1-26(2,3)24-23(27(31,25(30)29-24)20-13-7-4-8-14-20)19-28-32(21-15-9-5-10-16-21)22-17-11-6-12-18-22/h4-18,23-24H,19H2,1-3H3/t23?,24-,27?/m0/s1. The van der Waals surface area contributed by atoms with Crippen molar-refractivity contribution < 1.29 is 9.16 Å². The molecule has 0 spiro atoms. The van der Waals surface area contributed by atoms with Gasteiger partial charge in [-0.1, -0.05) is 0 Å². The van der Waals surface area contributed by atoms with Crippen LogP contribution in [0.4, 0.5) is 0 Å². The molecule has 32 heavy (non-hydrogen) atoms. The number of thiocarbonyl (C=S) groups is 1. The van der Waals surface area contributed by atoms with Crippen molar-refractivity contribution in [1.82, 2.24) is 0 Å². The van der Waals surface area contributed by atoms with Crippen LogP contribution in [-0.2, 0) is 13.5 Å². The first-order chi connectivity index (χ1) is 15.3. The van der Waals surface area contributed by atoms with E-state index in [-0.39, 0.29) is 17.4 Å². The predicted octanol–water partition coefficient (Wildman–Crippen LogP) is 4.26. The Kier molecular flexibility index (Phi) is 7.04. The van der Waals surface area contributed by atoms with E-state index in [2.05, 4.69) is 110 Å². The molecular weight excluding hydrogens is 495 g/mol. The first kappa shape index (κ1) is 23.4. The van der Waals surface area contributed by atoms with Crippen molar-refractivity contribution in [3.63, 3.8) is 0 Å². The van der Waals surface area contributed by atoms with Crippen LogP contribution in [0, 0.1) is 11.3 Å². The fourth-order valence-corrected chi connectivity index (χ4v) is 7.50. The Hall–Kier alpha value is -1.75. The van der Waals surface area contributed by atoms with Gasteiger partial charge in [0.25, 0.3) is 0 Å². The molecule has 0 aromatic heterocycles. The minimum atomic E-state index is -1.42. The van der Waals surface area contributed by atoms with Gasteiger partial charge < -0.3 is 0 Å². The Bertz CT molecular complexity index is 1000. The third kappa shape index (κ3) is 4.64. The normalized spacial score (nSPS) is 23.3. The van der Waals surface area contributed by atoms with Gasteiger partial charge in [-0.05, 0) is 0 Å². The van der Waals surface area contributed by atoms with Crippen molar-refractivity contribution in [3.8, 4) is 0 Å². The van der Waals surface area contributed by atoms with Gasteiger partial charge in [-0.15, -0.1) is 0 Å². The van der Waals surface area contributed by atoms with Crippen LogP contribution in [0.3, 0.4) is 0 Å². The van der Waals surface area contributed by atoms with Crippen LogP contribution < -0.4 is 10.4 Å². The quantitative estimate of drug-likeness (QED) is 0.355. The van der Waals surface area contributed by atoms with E-state index in [0.29, 0.717) is 11.7 Å². The summed E-state index contributed by atoms with van der Waals surface area (Å²) in [5.74, 6) is 0.0600. The van der Waals surface area contributed by atoms with Gasteiger partial charge in [0.15, 0.2) is 0 Å². The molecule has 3 aromatic rings. The Labute approximate surface area is 206 Å². The molecule has 3 atom stereocenters. The van der Waals surface area contributed by atoms with Crippen LogP contribution in [0.2, 0.25) is 0 Å². The van der Waals surface area contributed by atoms with Crippen molar-refractivity contribution in [3.05, 3.63) is 96.6 Å². The van der Waals surface area contributed by atoms with Gasteiger partial charge >= 0.3 is 208 Å². The molecule has 3 aromatic carbocycles. The second kappa shape index (κ2) is 9.62. The number of ether oxygens (including phenoxy) is 1. The predicted molar refractivity (Wildman–Crippen MR) is 138 cm³/mol. The molecule has 164 valence electrons. The zero-order valence-corrected chi connectivity index (χ0v) is 22.2. The molecular formula is C27H28O2SSeSi. The van der Waals surface area contributed by atoms with Crippen molar-refractivity contribution >= 4 is 52.7 Å². The van der Waals surface area contributed by atoms with Gasteiger partial charge in [-0.25, -0.2) is 0 Å². The second-order valence-corrected chi connectivity index (χ2v) is 13.1. The maximum absolute atomic E-state index is 6.83. The van der Waals surface area contributed by atoms with Gasteiger partial charge in [0.2, 0.25) is 0 Å². The molecule has 4 rings (SSSR count). The average Bonchev–Trinajstić information content (AvgIpc) is 3.08. The van der Waals surface area contributed by atoms with Crippen molar-refractivity contribution in [2.24, 2.45) is 11.3 Å². The molecule has 1 aliphatic rings. The monoisotopic (exact) mass is 524 g/mol. The summed E-state index contributed by atoms with van der Waals surface area (Å²) < 4.78 is 12.7. The van der Waals surface area contributed by atoms with Gasteiger partial charge in [-0.2, -0.15) is 0 Å². The molecule has 1 aliphatic heterocycles. The molecule has 1 saturated heterocycles. The zero-order valence-electron chi connectivity index (χ0n) is 18.7. The summed E-state index contributed by atoms with van der Waals surface area (Å²) in [6, 6.07) is 31.5. The topological polar surface area (TPSA) is 18.5 Å². The van der Waals surface area contributed by atoms with Crippen LogP contribution in [0.1, 0.15) is 26.3 Å². The molecule has 1 fully saturated rings. The average molecular weight is 524 g/mol. The van der Waals surface area contributed by atoms with E-state index in [1.807, 2.05) is 18.2 Å². The summed E-state index contributed by atoms with van der Waals surface area (Å²) in [4.78, 5) is 0. The van der Waals surface area contributed by atoms with E-state index < -0.39 is 13.4 Å². The van der Waals surface area contributed by atoms with Gasteiger partial charge in [0.05, 0.1) is 0 Å². The third-order valence-electron chi connectivity index (χ3n) is 5.96. The maximum atomic E-state index is 6.83. The van der Waals surface area contributed by atoms with Crippen LogP contribution in [0.5, 0.6) is 0 Å². The Morgan fingerprint density at radius 3 is 1.81 bits per heavy atom. The third-order valence-corrected chi connectivity index (χ3v) is 10.4. The van der Waals surface area contributed by atoms with E-state index in [9.17, 15) is 0 Å². The summed E-state index contributed by atoms with van der Waals surface area (Å²) in [5, 5.41) is 3.09. The fourth-order valence-electron chi connectivity index (χ4n) is 4.34. The van der Waals surface area contributed by atoms with Crippen LogP contribution >= 0.6 is 12.2 Å². The molecule has 0 N–H and O–H groups in total. The summed E-state index contributed by atoms with van der Waals surface area (Å²) in [6.07, 6.45) is -0.0498. The zero-order chi connectivity index (χ0) is 22.8. The molecule has 1 heterocycles. The summed E-state index contributed by atoms with van der Waals surface area (Å²) in [7, 11) is -1.42. The molecule has 2 unspecified atom stereocenters. The Morgan fingerprint density at radius 1 is 0.875 bits per heavy atom. The van der Waals surface area contributed by atoms with E-state index in [4.69, 9.17) is 21.4 Å². The van der Waals surface area contributed by atoms with Crippen molar-refractivity contribution in [1.29, 1.82) is 0 Å². The van der Waals surface area contributed by atoms with Crippen LogP contribution in [0.15, 0.2) is 91.0 Å². The van der Waals surface area contributed by atoms with Crippen LogP contribution in [-0.4, -0.2) is 42.8 Å². The second-order valence-electron chi connectivity index (χ2n) is 9.27. The van der Waals surface area contributed by atoms with Gasteiger partial charge in [0, 0.05) is 0 Å². The molecule has 0 aliphatic carbocycles. The summed E-state index contributed by atoms with van der Waals surface area (Å²) >= 11 is 9.26. The Morgan fingerprint density at radius 2 is 1.34 bits per heavy atom. The van der Waals surface area contributed by atoms with Gasteiger partial charge in [0.1, 0.15) is 0 Å². The SMILES string of the molecule is CC(C)(C)[C@H]1OC(=S)C([Se])(c2ccccc2)C1CO[Si](c1ccccc1)c1ccccc1. The number of rotatable bonds is 6. The van der Waals surface area contributed by atoms with E-state index in [0.717, 1.165) is 5.56 Å². The first-order valence-corrected chi connectivity index (χ1v) is 13.6. The first-order valence-electron chi connectivity index (χ1n) is 10.9. The minimum absolute atomic E-state index is 0.0498. The number of benzene rings is 3. The molecule has 0 amide bonds. The molecule has 0 saturated carbocycles. The number of hydrogen-bond donors (Lipinski definition) is 0. The van der Waals surface area contributed by atoms with Crippen molar-refractivity contribution in [2.75, 3.05) is 6.61 Å². The van der Waals surface area contributed by atoms with E-state index in [1.165, 1.54) is 10.4 Å². The summed E-state index contributed by atoms with van der Waals surface area (Å²) in [5.41, 5.74) is 1.06. The molecule has 2 nitrogen and oxygen atoms in total. The molecule has 5 heteroatoms. The van der Waals surface area contributed by atoms with E-state index >= 15 is 0 Å². The van der Waals surface area contributed by atoms with Gasteiger partial charge in [-0.3, -0.25) is 0 Å². The Balaban J connectivity index is 1.70.